The van der Waals surface area contributed by atoms with Crippen LogP contribution in [0.25, 0.3) is 0 Å². The summed E-state index contributed by atoms with van der Waals surface area (Å²) in [7, 11) is 0. The van der Waals surface area contributed by atoms with Gasteiger partial charge in [0.15, 0.2) is 0 Å². The smallest absolute Gasteiger partial charge is 0.107 e. The van der Waals surface area contributed by atoms with Crippen LogP contribution in [0.3, 0.4) is 0 Å². The normalized spacial score (nSPS) is 12.1. The van der Waals surface area contributed by atoms with E-state index in [0.717, 1.165) is 33.5 Å². The number of hydrogen-bond donors (Lipinski definition) is 2. The van der Waals surface area contributed by atoms with Crippen molar-refractivity contribution in [2.75, 3.05) is 17.6 Å². The molecular formula is C15H19N3S3. The van der Waals surface area contributed by atoms with Gasteiger partial charge in [0.25, 0.3) is 0 Å². The molecule has 3 nitrogen and oxygen atoms in total. The van der Waals surface area contributed by atoms with E-state index in [-0.39, 0.29) is 0 Å². The number of thioether (sulfide) groups is 1. The molecule has 0 aliphatic rings. The topological polar surface area (TPSA) is 50.9 Å². The molecule has 0 saturated heterocycles. The van der Waals surface area contributed by atoms with Crippen LogP contribution in [0.15, 0.2) is 34.7 Å². The minimum Gasteiger partial charge on any atom is -0.389 e. The number of benzene rings is 1. The first kappa shape index (κ1) is 16.3. The van der Waals surface area contributed by atoms with E-state index in [1.54, 1.807) is 23.1 Å². The summed E-state index contributed by atoms with van der Waals surface area (Å²) in [6.45, 7) is 5.10. The molecule has 0 aliphatic carbocycles. The number of nitrogens with two attached hydrogens (primary N) is 1. The minimum absolute atomic E-state index is 0.353. The Morgan fingerprint density at radius 1 is 1.52 bits per heavy atom. The largest absolute Gasteiger partial charge is 0.389 e. The molecule has 1 atom stereocenters. The Bertz CT molecular complexity index is 596. The molecule has 21 heavy (non-hydrogen) atoms. The van der Waals surface area contributed by atoms with Crippen LogP contribution in [0.1, 0.15) is 30.3 Å². The summed E-state index contributed by atoms with van der Waals surface area (Å²) >= 11 is 8.67. The average Bonchev–Trinajstić information content (AvgIpc) is 2.99. The lowest BCUT2D eigenvalue weighted by atomic mass is 10.1. The van der Waals surface area contributed by atoms with E-state index in [0.29, 0.717) is 10.9 Å². The minimum atomic E-state index is 0.353. The molecule has 112 valence electrons. The fraction of sp³-hybridized carbons (Fsp3) is 0.333. The molecule has 2 rings (SSSR count). The molecule has 3 N–H and O–H groups in total. The van der Waals surface area contributed by atoms with Crippen LogP contribution in [0.5, 0.6) is 0 Å². The van der Waals surface area contributed by atoms with Crippen molar-refractivity contribution in [3.63, 3.8) is 0 Å². The van der Waals surface area contributed by atoms with Gasteiger partial charge in [-0.25, -0.2) is 4.98 Å². The molecule has 0 aliphatic heterocycles. The Morgan fingerprint density at radius 3 is 2.95 bits per heavy atom. The second-order valence-corrected chi connectivity index (χ2v) is 7.30. The number of hydrogen-bond acceptors (Lipinski definition) is 5. The fourth-order valence-corrected chi connectivity index (χ4v) is 3.87. The summed E-state index contributed by atoms with van der Waals surface area (Å²) in [5.41, 5.74) is 7.87. The van der Waals surface area contributed by atoms with E-state index in [1.165, 1.54) is 0 Å². The van der Waals surface area contributed by atoms with Crippen LogP contribution in [0, 0.1) is 0 Å². The van der Waals surface area contributed by atoms with Crippen LogP contribution < -0.4 is 11.1 Å². The van der Waals surface area contributed by atoms with Crippen molar-refractivity contribution in [3.8, 4) is 0 Å². The molecule has 1 aromatic heterocycles. The Kier molecular flexibility index (Phi) is 6.02. The lowest BCUT2D eigenvalue weighted by Crippen LogP contribution is -2.17. The van der Waals surface area contributed by atoms with Gasteiger partial charge in [-0.15, -0.1) is 23.1 Å². The summed E-state index contributed by atoms with van der Waals surface area (Å²) in [6, 6.07) is 6.14. The van der Waals surface area contributed by atoms with Crippen molar-refractivity contribution in [1.82, 2.24) is 4.98 Å². The van der Waals surface area contributed by atoms with E-state index < -0.39 is 0 Å². The van der Waals surface area contributed by atoms with Gasteiger partial charge < -0.3 is 11.1 Å². The quantitative estimate of drug-likeness (QED) is 0.588. The van der Waals surface area contributed by atoms with E-state index in [2.05, 4.69) is 30.2 Å². The van der Waals surface area contributed by atoms with Crippen molar-refractivity contribution < 1.29 is 0 Å². The second-order valence-electron chi connectivity index (χ2n) is 4.63. The van der Waals surface area contributed by atoms with Crippen LogP contribution in [-0.4, -0.2) is 22.3 Å². The maximum atomic E-state index is 5.91. The number of anilines is 1. The van der Waals surface area contributed by atoms with Gasteiger partial charge in [0.2, 0.25) is 0 Å². The van der Waals surface area contributed by atoms with Gasteiger partial charge >= 0.3 is 0 Å². The molecule has 0 bridgehead atoms. The number of aromatic nitrogens is 1. The average molecular weight is 338 g/mol. The third-order valence-corrected chi connectivity index (χ3v) is 5.20. The van der Waals surface area contributed by atoms with E-state index in [9.17, 15) is 0 Å². The lowest BCUT2D eigenvalue weighted by Gasteiger charge is -2.16. The third-order valence-electron chi connectivity index (χ3n) is 3.04. The predicted octanol–water partition coefficient (Wildman–Crippen LogP) is 4.10. The van der Waals surface area contributed by atoms with E-state index >= 15 is 0 Å². The highest BCUT2D eigenvalue weighted by atomic mass is 32.2. The van der Waals surface area contributed by atoms with Gasteiger partial charge in [-0.05, 0) is 17.9 Å². The van der Waals surface area contributed by atoms with Crippen LogP contribution in [-0.2, 0) is 0 Å². The van der Waals surface area contributed by atoms with Crippen LogP contribution >= 0.6 is 35.3 Å². The zero-order chi connectivity index (χ0) is 15.2. The number of thiazole rings is 1. The Balaban J connectivity index is 2.15. The molecule has 0 saturated carbocycles. The molecule has 1 unspecified atom stereocenters. The molecule has 2 aromatic rings. The van der Waals surface area contributed by atoms with Gasteiger partial charge in [0.05, 0.1) is 5.01 Å². The van der Waals surface area contributed by atoms with Gasteiger partial charge in [0.1, 0.15) is 4.99 Å². The Hall–Kier alpha value is -1.11. The second kappa shape index (κ2) is 7.77. The maximum absolute atomic E-state index is 5.91. The highest BCUT2D eigenvalue weighted by molar-refractivity contribution is 7.99. The summed E-state index contributed by atoms with van der Waals surface area (Å²) in [5, 5.41) is 6.61. The highest BCUT2D eigenvalue weighted by Crippen LogP contribution is 2.29. The number of rotatable bonds is 7. The van der Waals surface area contributed by atoms with Gasteiger partial charge in [-0.1, -0.05) is 32.1 Å². The molecule has 0 spiro atoms. The molecule has 0 amide bonds. The highest BCUT2D eigenvalue weighted by Gasteiger charge is 2.13. The Morgan fingerprint density at radius 2 is 2.33 bits per heavy atom. The molecular weight excluding hydrogens is 318 g/mol. The van der Waals surface area contributed by atoms with Gasteiger partial charge in [0, 0.05) is 40.2 Å². The fourth-order valence-electron chi connectivity index (χ4n) is 2.04. The summed E-state index contributed by atoms with van der Waals surface area (Å²) < 4.78 is 0. The number of nitrogens with zero attached hydrogens (tertiary/aromatic N) is 1. The molecule has 1 heterocycles. The van der Waals surface area contributed by atoms with Crippen LogP contribution in [0.2, 0.25) is 0 Å². The first-order valence-electron chi connectivity index (χ1n) is 6.82. The summed E-state index contributed by atoms with van der Waals surface area (Å²) in [6.07, 6.45) is 1.84. The number of nitrogens with one attached hydrogen (secondary N) is 1. The molecule has 1 aromatic carbocycles. The summed E-state index contributed by atoms with van der Waals surface area (Å²) in [4.78, 5) is 5.93. The molecule has 6 heteroatoms. The van der Waals surface area contributed by atoms with Crippen molar-refractivity contribution in [1.29, 1.82) is 0 Å². The summed E-state index contributed by atoms with van der Waals surface area (Å²) in [5.74, 6) is 1.35. The van der Waals surface area contributed by atoms with Gasteiger partial charge in [-0.3, -0.25) is 0 Å². The number of thiocarbonyl (C=S) groups is 1. The molecule has 0 radical (unpaired) electrons. The zero-order valence-electron chi connectivity index (χ0n) is 12.1. The van der Waals surface area contributed by atoms with Crippen molar-refractivity contribution in [2.45, 2.75) is 24.7 Å². The third kappa shape index (κ3) is 4.18. The monoisotopic (exact) mass is 337 g/mol. The van der Waals surface area contributed by atoms with E-state index in [4.69, 9.17) is 18.0 Å². The maximum Gasteiger partial charge on any atom is 0.107 e. The van der Waals surface area contributed by atoms with Crippen LogP contribution in [0.4, 0.5) is 5.69 Å². The van der Waals surface area contributed by atoms with Gasteiger partial charge in [-0.2, -0.15) is 0 Å². The van der Waals surface area contributed by atoms with E-state index in [1.807, 2.05) is 23.7 Å². The zero-order valence-corrected chi connectivity index (χ0v) is 14.6. The first-order chi connectivity index (χ1) is 10.1. The standard InChI is InChI=1S/C15H19N3S3/c1-3-20-12-6-4-5-11(13(12)14(16)19)18-9-10(2)15-17-7-8-21-15/h4-8,10,18H,3,9H2,1-2H3,(H2,16,19). The Labute approximate surface area is 139 Å². The van der Waals surface area contributed by atoms with Crippen molar-refractivity contribution >= 4 is 46.0 Å². The first-order valence-corrected chi connectivity index (χ1v) is 9.09. The van der Waals surface area contributed by atoms with Crippen molar-refractivity contribution in [3.05, 3.63) is 40.3 Å². The molecule has 0 fully saturated rings. The SMILES string of the molecule is CCSc1cccc(NCC(C)c2nccs2)c1C(N)=S. The predicted molar refractivity (Wildman–Crippen MR) is 97.7 cm³/mol. The van der Waals surface area contributed by atoms with Crippen molar-refractivity contribution in [2.24, 2.45) is 5.73 Å². The lowest BCUT2D eigenvalue weighted by molar-refractivity contribution is 0.794.